The average molecular weight is 586 g/mol. The van der Waals surface area contributed by atoms with Crippen LogP contribution in [-0.2, 0) is 6.54 Å². The van der Waals surface area contributed by atoms with Crippen molar-refractivity contribution in [1.82, 2.24) is 14.7 Å². The minimum atomic E-state index is -0.572. The number of nitrogens with one attached hydrogen (secondary N) is 1. The molecule has 0 fully saturated rings. The normalized spacial score (nSPS) is 11.2. The van der Waals surface area contributed by atoms with Gasteiger partial charge in [0.15, 0.2) is 0 Å². The highest BCUT2D eigenvalue weighted by atomic mass is 79.9. The number of anilines is 1. The summed E-state index contributed by atoms with van der Waals surface area (Å²) in [6.07, 6.45) is 0.321. The van der Waals surface area contributed by atoms with E-state index in [9.17, 15) is 4.79 Å². The van der Waals surface area contributed by atoms with Gasteiger partial charge in [0.05, 0.1) is 24.1 Å². The van der Waals surface area contributed by atoms with Gasteiger partial charge in [0.25, 0.3) is 0 Å². The lowest BCUT2D eigenvalue weighted by Gasteiger charge is -2.17. The number of carbonyl (C=O) groups is 1. The number of carbonyl (C=O) groups excluding carboxylic acids is 1. The molecule has 1 amide bonds. The number of hydrogen-bond donors (Lipinski definition) is 1. The molecule has 0 saturated heterocycles. The minimum Gasteiger partial charge on any atom is -0.476 e. The molecule has 1 aromatic heterocycles. The molecule has 0 aliphatic carbocycles. The molecule has 1 N–H and O–H groups in total. The Kier molecular flexibility index (Phi) is 9.44. The van der Waals surface area contributed by atoms with Crippen molar-refractivity contribution in [3.63, 3.8) is 0 Å². The molecule has 3 aromatic carbocycles. The van der Waals surface area contributed by atoms with Crippen molar-refractivity contribution in [1.29, 1.82) is 0 Å². The van der Waals surface area contributed by atoms with Gasteiger partial charge in [-0.1, -0.05) is 53.5 Å². The first-order chi connectivity index (χ1) is 17.9. The lowest BCUT2D eigenvalue weighted by Crippen LogP contribution is -2.25. The summed E-state index contributed by atoms with van der Waals surface area (Å²) >= 11 is 9.43. The number of fused-ring (bicyclic) bond motifs is 1. The van der Waals surface area contributed by atoms with Crippen LogP contribution in [0.4, 0.5) is 10.5 Å². The van der Waals surface area contributed by atoms with Gasteiger partial charge in [0.1, 0.15) is 5.75 Å². The quantitative estimate of drug-likeness (QED) is 0.188. The monoisotopic (exact) mass is 584 g/mol. The molecule has 9 heteroatoms. The number of hydrogen-bond acceptors (Lipinski definition) is 5. The second-order valence-electron chi connectivity index (χ2n) is 8.52. The predicted octanol–water partition coefficient (Wildman–Crippen LogP) is 7.22. The van der Waals surface area contributed by atoms with Gasteiger partial charge in [0.2, 0.25) is 5.88 Å². The summed E-state index contributed by atoms with van der Waals surface area (Å²) in [5, 5.41) is 9.07. The van der Waals surface area contributed by atoms with Gasteiger partial charge in [0, 0.05) is 21.7 Å². The summed E-state index contributed by atoms with van der Waals surface area (Å²) in [4.78, 5) is 14.8. The lowest BCUT2D eigenvalue weighted by atomic mass is 10.2. The van der Waals surface area contributed by atoms with E-state index in [-0.39, 0.29) is 0 Å². The molecule has 0 radical (unpaired) electrons. The summed E-state index contributed by atoms with van der Waals surface area (Å²) < 4.78 is 14.3. The van der Waals surface area contributed by atoms with Gasteiger partial charge in [-0.15, -0.1) is 5.10 Å². The topological polar surface area (TPSA) is 68.6 Å². The third-order valence-corrected chi connectivity index (χ3v) is 6.77. The second-order valence-corrected chi connectivity index (χ2v) is 9.87. The summed E-state index contributed by atoms with van der Waals surface area (Å²) in [7, 11) is 0. The molecule has 4 aromatic rings. The van der Waals surface area contributed by atoms with Crippen LogP contribution in [0.3, 0.4) is 0 Å². The SMILES string of the molecule is CCN(CC)CCCOc1nn(Cc2ccc(Cl)cc2)c2ccc(NC(=O)Oc3ccc(Br)cc3)cc12. The molecule has 194 valence electrons. The van der Waals surface area contributed by atoms with Crippen molar-refractivity contribution < 1.29 is 14.3 Å². The summed E-state index contributed by atoms with van der Waals surface area (Å²) in [6.45, 7) is 8.42. The Balaban J connectivity index is 1.53. The fourth-order valence-corrected chi connectivity index (χ4v) is 4.36. The third-order valence-electron chi connectivity index (χ3n) is 5.98. The van der Waals surface area contributed by atoms with Crippen molar-refractivity contribution in [2.75, 3.05) is 31.6 Å². The van der Waals surface area contributed by atoms with E-state index in [1.165, 1.54) is 0 Å². The third kappa shape index (κ3) is 7.47. The van der Waals surface area contributed by atoms with Gasteiger partial charge in [-0.3, -0.25) is 10.00 Å². The van der Waals surface area contributed by atoms with Crippen LogP contribution in [-0.4, -0.2) is 47.0 Å². The fraction of sp³-hybridized carbons (Fsp3) is 0.286. The number of halogens is 2. The van der Waals surface area contributed by atoms with Gasteiger partial charge in [-0.2, -0.15) is 0 Å². The minimum absolute atomic E-state index is 0.454. The molecule has 0 aliphatic rings. The highest BCUT2D eigenvalue weighted by molar-refractivity contribution is 9.10. The number of rotatable bonds is 11. The second kappa shape index (κ2) is 12.9. The maximum Gasteiger partial charge on any atom is 0.417 e. The molecular weight excluding hydrogens is 556 g/mol. The summed E-state index contributed by atoms with van der Waals surface area (Å²) in [6, 6.07) is 20.4. The Hall–Kier alpha value is -3.07. The van der Waals surface area contributed by atoms with E-state index in [1.807, 2.05) is 59.3 Å². The van der Waals surface area contributed by atoms with Crippen LogP contribution in [0.1, 0.15) is 25.8 Å². The molecular formula is C28H30BrClN4O3. The average Bonchev–Trinajstić information content (AvgIpc) is 3.23. The molecule has 0 spiro atoms. The lowest BCUT2D eigenvalue weighted by molar-refractivity contribution is 0.215. The Morgan fingerprint density at radius 1 is 1.05 bits per heavy atom. The van der Waals surface area contributed by atoms with E-state index in [0.717, 1.165) is 47.0 Å². The molecule has 0 bridgehead atoms. The highest BCUT2D eigenvalue weighted by Crippen LogP contribution is 2.29. The molecule has 1 heterocycles. The Morgan fingerprint density at radius 3 is 2.49 bits per heavy atom. The van der Waals surface area contributed by atoms with Crippen LogP contribution in [0.2, 0.25) is 5.02 Å². The van der Waals surface area contributed by atoms with E-state index in [1.54, 1.807) is 12.1 Å². The zero-order valence-electron chi connectivity index (χ0n) is 20.9. The Labute approximate surface area is 230 Å². The van der Waals surface area contributed by atoms with Gasteiger partial charge in [-0.25, -0.2) is 4.79 Å². The number of ether oxygens (including phenoxy) is 2. The first-order valence-electron chi connectivity index (χ1n) is 12.3. The van der Waals surface area contributed by atoms with Gasteiger partial charge < -0.3 is 14.4 Å². The molecule has 0 atom stereocenters. The van der Waals surface area contributed by atoms with Crippen molar-refractivity contribution in [2.24, 2.45) is 0 Å². The van der Waals surface area contributed by atoms with E-state index in [2.05, 4.69) is 40.0 Å². The number of nitrogens with zero attached hydrogens (tertiary/aromatic N) is 3. The van der Waals surface area contributed by atoms with Crippen molar-refractivity contribution in [2.45, 2.75) is 26.8 Å². The maximum absolute atomic E-state index is 12.5. The molecule has 7 nitrogen and oxygen atoms in total. The number of benzene rings is 3. The van der Waals surface area contributed by atoms with Crippen molar-refractivity contribution in [3.05, 3.63) is 81.8 Å². The van der Waals surface area contributed by atoms with Gasteiger partial charge in [-0.05, 0) is 79.7 Å². The maximum atomic E-state index is 12.5. The van der Waals surface area contributed by atoms with Crippen LogP contribution in [0, 0.1) is 0 Å². The van der Waals surface area contributed by atoms with Crippen molar-refractivity contribution >= 4 is 50.2 Å². The first kappa shape index (κ1) is 27.0. The van der Waals surface area contributed by atoms with E-state index >= 15 is 0 Å². The van der Waals surface area contributed by atoms with Crippen LogP contribution in [0.25, 0.3) is 10.9 Å². The van der Waals surface area contributed by atoms with Crippen LogP contribution in [0.5, 0.6) is 11.6 Å². The largest absolute Gasteiger partial charge is 0.476 e. The van der Waals surface area contributed by atoms with E-state index in [0.29, 0.717) is 35.5 Å². The fourth-order valence-electron chi connectivity index (χ4n) is 3.97. The van der Waals surface area contributed by atoms with Gasteiger partial charge >= 0.3 is 6.09 Å². The highest BCUT2D eigenvalue weighted by Gasteiger charge is 2.15. The van der Waals surface area contributed by atoms with Crippen molar-refractivity contribution in [3.8, 4) is 11.6 Å². The first-order valence-corrected chi connectivity index (χ1v) is 13.5. The van der Waals surface area contributed by atoms with E-state index in [4.69, 9.17) is 26.2 Å². The zero-order valence-corrected chi connectivity index (χ0v) is 23.3. The Bertz CT molecular complexity index is 1320. The smallest absolute Gasteiger partial charge is 0.417 e. The predicted molar refractivity (Wildman–Crippen MR) is 152 cm³/mol. The number of amides is 1. The molecule has 0 aliphatic heterocycles. The van der Waals surface area contributed by atoms with Crippen LogP contribution < -0.4 is 14.8 Å². The molecule has 0 saturated carbocycles. The summed E-state index contributed by atoms with van der Waals surface area (Å²) in [5.41, 5.74) is 2.57. The molecule has 0 unspecified atom stereocenters. The standard InChI is InChI=1S/C28H30BrClN4O3/c1-3-33(4-2)16-5-17-36-27-25-18-23(31-28(35)37-24-13-8-21(29)9-14-24)12-15-26(25)34(32-27)19-20-6-10-22(30)11-7-20/h6-15,18H,3-5,16-17,19H2,1-2H3,(H,31,35). The Morgan fingerprint density at radius 2 is 1.78 bits per heavy atom. The number of aromatic nitrogens is 2. The molecule has 37 heavy (non-hydrogen) atoms. The van der Waals surface area contributed by atoms with Crippen LogP contribution >= 0.6 is 27.5 Å². The van der Waals surface area contributed by atoms with Crippen LogP contribution in [0.15, 0.2) is 71.2 Å². The van der Waals surface area contributed by atoms with E-state index < -0.39 is 6.09 Å². The summed E-state index contributed by atoms with van der Waals surface area (Å²) in [5.74, 6) is 0.989. The zero-order chi connectivity index (χ0) is 26.2. The molecule has 4 rings (SSSR count).